The monoisotopic (exact) mass is 248 g/mol. The van der Waals surface area contributed by atoms with Crippen LogP contribution < -0.4 is 5.32 Å². The van der Waals surface area contributed by atoms with Crippen molar-refractivity contribution < 1.29 is 9.90 Å². The molecule has 1 aromatic rings. The molecule has 0 aliphatic heterocycles. The van der Waals surface area contributed by atoms with Crippen LogP contribution in [0.4, 0.5) is 0 Å². The molecule has 2 N–H and O–H groups in total. The zero-order valence-electron chi connectivity index (χ0n) is 11.2. The minimum atomic E-state index is -0.130. The smallest absolute Gasteiger partial charge is 0.163 e. The minimum Gasteiger partial charge on any atom is -0.505 e. The van der Waals surface area contributed by atoms with Crippen LogP contribution in [0, 0.1) is 6.92 Å². The van der Waals surface area contributed by atoms with Crippen LogP contribution in [0.2, 0.25) is 0 Å². The number of ketones is 1. The fourth-order valence-electron chi connectivity index (χ4n) is 2.28. The van der Waals surface area contributed by atoms with Crippen molar-refractivity contribution in [1.29, 1.82) is 0 Å². The van der Waals surface area contributed by atoms with Crippen LogP contribution in [-0.4, -0.2) is 21.4 Å². The highest BCUT2D eigenvalue weighted by atomic mass is 16.3. The van der Waals surface area contributed by atoms with E-state index in [-0.39, 0.29) is 17.1 Å². The molecule has 0 spiro atoms. The summed E-state index contributed by atoms with van der Waals surface area (Å²) >= 11 is 0. The number of nitrogens with zero attached hydrogens (tertiary/aromatic N) is 1. The van der Waals surface area contributed by atoms with Crippen molar-refractivity contribution in [3.8, 4) is 5.75 Å². The minimum absolute atomic E-state index is 0.00102. The van der Waals surface area contributed by atoms with Gasteiger partial charge >= 0.3 is 0 Å². The topological polar surface area (TPSA) is 62.2 Å². The average molecular weight is 248 g/mol. The van der Waals surface area contributed by atoms with Crippen molar-refractivity contribution in [2.75, 3.05) is 0 Å². The number of hydrogen-bond acceptors (Lipinski definition) is 4. The quantitative estimate of drug-likeness (QED) is 0.803. The predicted molar refractivity (Wildman–Crippen MR) is 69.7 cm³/mol. The molecule has 1 heterocycles. The maximum Gasteiger partial charge on any atom is 0.163 e. The van der Waals surface area contributed by atoms with Crippen LogP contribution in [0.1, 0.15) is 54.9 Å². The summed E-state index contributed by atoms with van der Waals surface area (Å²) in [5.74, 6) is -0.129. The summed E-state index contributed by atoms with van der Waals surface area (Å²) in [6.45, 7) is 6.02. The van der Waals surface area contributed by atoms with E-state index in [9.17, 15) is 9.90 Å². The second kappa shape index (κ2) is 4.69. The van der Waals surface area contributed by atoms with E-state index in [1.54, 1.807) is 13.0 Å². The molecule has 0 radical (unpaired) electrons. The fraction of sp³-hybridized carbons (Fsp3) is 0.571. The van der Waals surface area contributed by atoms with Crippen LogP contribution in [0.3, 0.4) is 0 Å². The highest BCUT2D eigenvalue weighted by Gasteiger charge is 2.30. The van der Waals surface area contributed by atoms with Gasteiger partial charge in [-0.25, -0.2) is 0 Å². The zero-order chi connectivity index (χ0) is 13.3. The van der Waals surface area contributed by atoms with Gasteiger partial charge in [0, 0.05) is 12.1 Å². The summed E-state index contributed by atoms with van der Waals surface area (Å²) in [5.41, 5.74) is 1.89. The van der Waals surface area contributed by atoms with Gasteiger partial charge in [-0.05, 0) is 46.1 Å². The Bertz CT molecular complexity index is 479. The van der Waals surface area contributed by atoms with E-state index in [0.29, 0.717) is 17.8 Å². The molecule has 0 saturated heterocycles. The Morgan fingerprint density at radius 3 is 2.72 bits per heavy atom. The largest absolute Gasteiger partial charge is 0.505 e. The van der Waals surface area contributed by atoms with Gasteiger partial charge in [-0.1, -0.05) is 0 Å². The molecule has 1 aromatic heterocycles. The average Bonchev–Trinajstić information content (AvgIpc) is 2.27. The van der Waals surface area contributed by atoms with E-state index >= 15 is 0 Å². The number of Topliss-reactive ketones (excluding diaryl/α,β-unsaturated/α-hetero) is 1. The molecule has 0 atom stereocenters. The first-order valence-corrected chi connectivity index (χ1v) is 6.37. The number of hydrogen-bond donors (Lipinski definition) is 2. The Kier molecular flexibility index (Phi) is 3.39. The lowest BCUT2D eigenvalue weighted by Crippen LogP contribution is -2.47. The molecule has 0 bridgehead atoms. The Balaban J connectivity index is 2.15. The third-order valence-corrected chi connectivity index (χ3v) is 3.75. The van der Waals surface area contributed by atoms with E-state index in [2.05, 4.69) is 17.2 Å². The number of aryl methyl sites for hydroxylation is 1. The maximum absolute atomic E-state index is 11.4. The lowest BCUT2D eigenvalue weighted by Gasteiger charge is -2.39. The maximum atomic E-state index is 11.4. The second-order valence-electron chi connectivity index (χ2n) is 5.42. The van der Waals surface area contributed by atoms with Gasteiger partial charge < -0.3 is 10.4 Å². The van der Waals surface area contributed by atoms with Crippen molar-refractivity contribution in [2.24, 2.45) is 0 Å². The van der Waals surface area contributed by atoms with Crippen molar-refractivity contribution in [3.63, 3.8) is 0 Å². The first-order chi connectivity index (χ1) is 8.41. The van der Waals surface area contributed by atoms with E-state index in [0.717, 1.165) is 5.69 Å². The summed E-state index contributed by atoms with van der Waals surface area (Å²) in [7, 11) is 0. The molecule has 1 fully saturated rings. The third-order valence-electron chi connectivity index (χ3n) is 3.75. The van der Waals surface area contributed by atoms with E-state index < -0.39 is 0 Å². The number of rotatable bonds is 4. The van der Waals surface area contributed by atoms with Gasteiger partial charge in [-0.3, -0.25) is 9.78 Å². The van der Waals surface area contributed by atoms with Crippen LogP contribution in [0.25, 0.3) is 0 Å². The van der Waals surface area contributed by atoms with Crippen molar-refractivity contribution >= 4 is 5.78 Å². The number of carbonyl (C=O) groups is 1. The first kappa shape index (κ1) is 13.0. The Morgan fingerprint density at radius 1 is 1.56 bits per heavy atom. The number of carbonyl (C=O) groups excluding carboxylic acids is 1. The molecule has 18 heavy (non-hydrogen) atoms. The summed E-state index contributed by atoms with van der Waals surface area (Å²) in [6.07, 6.45) is 3.64. The molecule has 98 valence electrons. The summed E-state index contributed by atoms with van der Waals surface area (Å²) in [4.78, 5) is 15.7. The molecule has 1 aliphatic rings. The van der Waals surface area contributed by atoms with Crippen molar-refractivity contribution in [1.82, 2.24) is 10.3 Å². The SMILES string of the molecule is CC(=O)c1cc(CNC2(C)CCC2)nc(C)c1O. The Labute approximate surface area is 107 Å². The van der Waals surface area contributed by atoms with Crippen LogP contribution in [0.5, 0.6) is 5.75 Å². The Hall–Kier alpha value is -1.42. The summed E-state index contributed by atoms with van der Waals surface area (Å²) in [6, 6.07) is 1.68. The number of nitrogens with one attached hydrogen (secondary N) is 1. The van der Waals surface area contributed by atoms with Crippen LogP contribution in [0.15, 0.2) is 6.07 Å². The fourth-order valence-corrected chi connectivity index (χ4v) is 2.28. The van der Waals surface area contributed by atoms with Crippen LogP contribution >= 0.6 is 0 Å². The lowest BCUT2D eigenvalue weighted by atomic mass is 9.78. The predicted octanol–water partition coefficient (Wildman–Crippen LogP) is 2.33. The van der Waals surface area contributed by atoms with Crippen molar-refractivity contribution in [2.45, 2.75) is 52.1 Å². The highest BCUT2D eigenvalue weighted by Crippen LogP contribution is 2.31. The van der Waals surface area contributed by atoms with E-state index in [1.807, 2.05) is 0 Å². The van der Waals surface area contributed by atoms with Gasteiger partial charge in [-0.2, -0.15) is 0 Å². The number of aromatic nitrogens is 1. The normalized spacial score (nSPS) is 17.3. The number of aromatic hydroxyl groups is 1. The molecule has 1 saturated carbocycles. The highest BCUT2D eigenvalue weighted by molar-refractivity contribution is 5.97. The molecule has 2 rings (SSSR count). The van der Waals surface area contributed by atoms with Gasteiger partial charge in [-0.15, -0.1) is 0 Å². The third kappa shape index (κ3) is 2.53. The van der Waals surface area contributed by atoms with Crippen molar-refractivity contribution in [3.05, 3.63) is 23.0 Å². The van der Waals surface area contributed by atoms with Gasteiger partial charge in [0.25, 0.3) is 0 Å². The lowest BCUT2D eigenvalue weighted by molar-refractivity contribution is 0.101. The molecule has 4 heteroatoms. The molecule has 0 unspecified atom stereocenters. The van der Waals surface area contributed by atoms with E-state index in [4.69, 9.17) is 0 Å². The van der Waals surface area contributed by atoms with Gasteiger partial charge in [0.15, 0.2) is 5.78 Å². The number of pyridine rings is 1. The molecular formula is C14H20N2O2. The van der Waals surface area contributed by atoms with Crippen LogP contribution in [-0.2, 0) is 6.54 Å². The molecule has 0 amide bonds. The zero-order valence-corrected chi connectivity index (χ0v) is 11.2. The molecule has 4 nitrogen and oxygen atoms in total. The molecular weight excluding hydrogens is 228 g/mol. The second-order valence-corrected chi connectivity index (χ2v) is 5.42. The Morgan fingerprint density at radius 2 is 2.22 bits per heavy atom. The van der Waals surface area contributed by atoms with Gasteiger partial charge in [0.2, 0.25) is 0 Å². The standard InChI is InChI=1S/C14H20N2O2/c1-9-13(18)12(10(2)17)7-11(16-9)8-15-14(3)5-4-6-14/h7,15,18H,4-6,8H2,1-3H3. The summed E-state index contributed by atoms with van der Waals surface area (Å²) in [5, 5.41) is 13.2. The summed E-state index contributed by atoms with van der Waals surface area (Å²) < 4.78 is 0. The molecule has 1 aliphatic carbocycles. The first-order valence-electron chi connectivity index (χ1n) is 6.37. The van der Waals surface area contributed by atoms with Gasteiger partial charge in [0.1, 0.15) is 5.75 Å². The molecule has 0 aromatic carbocycles. The van der Waals surface area contributed by atoms with E-state index in [1.165, 1.54) is 26.2 Å². The van der Waals surface area contributed by atoms with Gasteiger partial charge in [0.05, 0.1) is 17.0 Å².